The molecule has 3 aromatic heterocycles. The average molecular weight is 384 g/mol. The fraction of sp³-hybridized carbons (Fsp3) is 0.176. The van der Waals surface area contributed by atoms with Crippen molar-refractivity contribution in [2.24, 2.45) is 0 Å². The minimum atomic E-state index is 0.361. The van der Waals surface area contributed by atoms with Crippen LogP contribution in [0.15, 0.2) is 58.3 Å². The van der Waals surface area contributed by atoms with Gasteiger partial charge in [0.1, 0.15) is 11.4 Å². The van der Waals surface area contributed by atoms with Gasteiger partial charge in [-0.2, -0.15) is 0 Å². The normalized spacial score (nSPS) is 16.4. The van der Waals surface area contributed by atoms with Crippen LogP contribution in [-0.2, 0) is 0 Å². The van der Waals surface area contributed by atoms with Gasteiger partial charge in [0.2, 0.25) is 0 Å². The molecule has 1 aliphatic heterocycles. The third-order valence-corrected chi connectivity index (χ3v) is 7.35. The average Bonchev–Trinajstić information content (AvgIpc) is 3.37. The molecule has 5 rings (SSSR count). The van der Waals surface area contributed by atoms with Crippen molar-refractivity contribution >= 4 is 45.1 Å². The largest absolute Gasteiger partial charge is 0.297 e. The van der Waals surface area contributed by atoms with Crippen molar-refractivity contribution in [1.82, 2.24) is 24.7 Å². The highest BCUT2D eigenvalue weighted by Gasteiger charge is 2.28. The van der Waals surface area contributed by atoms with E-state index < -0.39 is 0 Å². The summed E-state index contributed by atoms with van der Waals surface area (Å²) in [4.78, 5) is 8.80. The number of benzene rings is 1. The summed E-state index contributed by atoms with van der Waals surface area (Å²) in [6.45, 7) is 0. The van der Waals surface area contributed by atoms with Gasteiger partial charge in [-0.3, -0.25) is 4.57 Å². The van der Waals surface area contributed by atoms with E-state index in [1.165, 1.54) is 4.70 Å². The van der Waals surface area contributed by atoms with Gasteiger partial charge in [-0.1, -0.05) is 42.1 Å². The lowest BCUT2D eigenvalue weighted by atomic mass is 10.2. The van der Waals surface area contributed by atoms with Crippen molar-refractivity contribution < 1.29 is 0 Å². The molecule has 0 amide bonds. The molecule has 8 heteroatoms. The summed E-state index contributed by atoms with van der Waals surface area (Å²) in [5.74, 6) is 2.92. The maximum Gasteiger partial charge on any atom is 0.191 e. The molecule has 1 atom stereocenters. The Hall–Kier alpha value is -1.90. The third kappa shape index (κ3) is 2.74. The molecule has 0 aliphatic carbocycles. The first-order valence-electron chi connectivity index (χ1n) is 7.84. The van der Waals surface area contributed by atoms with Crippen LogP contribution in [0, 0.1) is 0 Å². The molecular formula is C17H13N5S3. The van der Waals surface area contributed by atoms with Gasteiger partial charge in [0, 0.05) is 17.1 Å². The summed E-state index contributed by atoms with van der Waals surface area (Å²) < 4.78 is 3.45. The Bertz CT molecular complexity index is 1030. The second-order valence-corrected chi connectivity index (χ2v) is 8.54. The predicted octanol–water partition coefficient (Wildman–Crippen LogP) is 4.39. The molecular weight excluding hydrogens is 370 g/mol. The molecule has 4 aromatic rings. The Morgan fingerprint density at radius 3 is 2.96 bits per heavy atom. The van der Waals surface area contributed by atoms with Crippen LogP contribution in [0.3, 0.4) is 0 Å². The first-order chi connectivity index (χ1) is 12.4. The molecule has 1 unspecified atom stereocenters. The van der Waals surface area contributed by atoms with E-state index in [1.807, 2.05) is 24.3 Å². The van der Waals surface area contributed by atoms with Gasteiger partial charge in [0.05, 0.1) is 16.3 Å². The van der Waals surface area contributed by atoms with Crippen molar-refractivity contribution in [3.8, 4) is 11.4 Å². The number of aromatic nitrogens is 5. The van der Waals surface area contributed by atoms with Gasteiger partial charge in [0.25, 0.3) is 0 Å². The van der Waals surface area contributed by atoms with Crippen molar-refractivity contribution in [3.63, 3.8) is 0 Å². The summed E-state index contributed by atoms with van der Waals surface area (Å²) in [7, 11) is 0. The van der Waals surface area contributed by atoms with Crippen LogP contribution in [0.1, 0.15) is 6.04 Å². The van der Waals surface area contributed by atoms with Crippen LogP contribution in [0.2, 0.25) is 0 Å². The highest BCUT2D eigenvalue weighted by molar-refractivity contribution is 8.00. The first-order valence-corrected chi connectivity index (χ1v) is 10.7. The lowest BCUT2D eigenvalue weighted by Gasteiger charge is -2.14. The van der Waals surface area contributed by atoms with Gasteiger partial charge in [0.15, 0.2) is 11.0 Å². The summed E-state index contributed by atoms with van der Waals surface area (Å²) >= 11 is 5.27. The molecule has 1 aromatic carbocycles. The van der Waals surface area contributed by atoms with Crippen molar-refractivity contribution in [3.05, 3.63) is 48.1 Å². The lowest BCUT2D eigenvalue weighted by Crippen LogP contribution is -2.11. The van der Waals surface area contributed by atoms with Crippen LogP contribution in [0.4, 0.5) is 0 Å². The van der Waals surface area contributed by atoms with Gasteiger partial charge in [-0.15, -0.1) is 33.3 Å². The van der Waals surface area contributed by atoms with Crippen LogP contribution >= 0.6 is 34.9 Å². The molecule has 1 aliphatic rings. The van der Waals surface area contributed by atoms with Crippen LogP contribution in [0.5, 0.6) is 0 Å². The van der Waals surface area contributed by atoms with Crippen LogP contribution in [0.25, 0.3) is 21.6 Å². The SMILES string of the molecule is c1ccc(-c2nnc3n2C(CSc2ncnc4ccsc24)CS3)cc1. The number of thiophene rings is 1. The molecule has 0 bridgehead atoms. The van der Waals surface area contributed by atoms with E-state index in [-0.39, 0.29) is 0 Å². The molecule has 4 heterocycles. The monoisotopic (exact) mass is 383 g/mol. The Balaban J connectivity index is 1.43. The Morgan fingerprint density at radius 2 is 2.04 bits per heavy atom. The molecule has 0 saturated carbocycles. The lowest BCUT2D eigenvalue weighted by molar-refractivity contribution is 0.597. The number of fused-ring (bicyclic) bond motifs is 2. The quantitative estimate of drug-likeness (QED) is 0.385. The van der Waals surface area contributed by atoms with Crippen LogP contribution in [-0.4, -0.2) is 36.2 Å². The fourth-order valence-corrected chi connectivity index (χ4v) is 6.16. The molecule has 0 fully saturated rings. The molecule has 0 saturated heterocycles. The van der Waals surface area contributed by atoms with E-state index in [9.17, 15) is 0 Å². The third-order valence-electron chi connectivity index (χ3n) is 4.09. The zero-order chi connectivity index (χ0) is 16.6. The van der Waals surface area contributed by atoms with Crippen molar-refractivity contribution in [2.45, 2.75) is 16.2 Å². The van der Waals surface area contributed by atoms with Gasteiger partial charge >= 0.3 is 0 Å². The number of thioether (sulfide) groups is 2. The summed E-state index contributed by atoms with van der Waals surface area (Å²) in [6, 6.07) is 12.7. The first kappa shape index (κ1) is 15.4. The second kappa shape index (κ2) is 6.44. The number of hydrogen-bond acceptors (Lipinski definition) is 7. The topological polar surface area (TPSA) is 56.5 Å². The maximum absolute atomic E-state index is 4.48. The van der Waals surface area contributed by atoms with E-state index in [0.717, 1.165) is 38.6 Å². The molecule has 0 N–H and O–H groups in total. The Morgan fingerprint density at radius 1 is 1.12 bits per heavy atom. The van der Waals surface area contributed by atoms with Crippen LogP contribution < -0.4 is 0 Å². The Labute approximate surface area is 156 Å². The smallest absolute Gasteiger partial charge is 0.191 e. The van der Waals surface area contributed by atoms with E-state index in [4.69, 9.17) is 0 Å². The predicted molar refractivity (Wildman–Crippen MR) is 103 cm³/mol. The number of hydrogen-bond donors (Lipinski definition) is 0. The van der Waals surface area contributed by atoms with Gasteiger partial charge in [-0.25, -0.2) is 9.97 Å². The van der Waals surface area contributed by atoms with Gasteiger partial charge in [-0.05, 0) is 11.4 Å². The molecule has 5 nitrogen and oxygen atoms in total. The minimum Gasteiger partial charge on any atom is -0.297 e. The Kier molecular flexibility index (Phi) is 3.95. The van der Waals surface area contributed by atoms with E-state index in [0.29, 0.717) is 6.04 Å². The number of nitrogens with zero attached hydrogens (tertiary/aromatic N) is 5. The molecule has 0 spiro atoms. The van der Waals surface area contributed by atoms with E-state index >= 15 is 0 Å². The zero-order valence-corrected chi connectivity index (χ0v) is 15.5. The molecule has 0 radical (unpaired) electrons. The maximum atomic E-state index is 4.48. The summed E-state index contributed by atoms with van der Waals surface area (Å²) in [5.41, 5.74) is 2.14. The standard InChI is InChI=1S/C17H13N5S3/c1-2-4-11(5-3-1)15-20-21-17-22(15)12(9-25-17)8-24-16-14-13(6-7-23-14)18-10-19-16/h1-7,10,12H,8-9H2. The van der Waals surface area contributed by atoms with Gasteiger partial charge < -0.3 is 0 Å². The fourth-order valence-electron chi connectivity index (χ4n) is 2.90. The van der Waals surface area contributed by atoms with Crippen molar-refractivity contribution in [1.29, 1.82) is 0 Å². The highest BCUT2D eigenvalue weighted by Crippen LogP contribution is 2.39. The zero-order valence-electron chi connectivity index (χ0n) is 13.1. The number of rotatable bonds is 4. The summed E-state index contributed by atoms with van der Waals surface area (Å²) in [6.07, 6.45) is 1.65. The van der Waals surface area contributed by atoms with E-state index in [1.54, 1.807) is 41.2 Å². The van der Waals surface area contributed by atoms with E-state index in [2.05, 4.69) is 42.2 Å². The van der Waals surface area contributed by atoms with Crippen molar-refractivity contribution in [2.75, 3.05) is 11.5 Å². The minimum absolute atomic E-state index is 0.361. The summed E-state index contributed by atoms with van der Waals surface area (Å²) in [5, 5.41) is 12.9. The second-order valence-electron chi connectivity index (χ2n) is 5.63. The highest BCUT2D eigenvalue weighted by atomic mass is 32.2. The molecule has 124 valence electrons. The molecule has 25 heavy (non-hydrogen) atoms.